The van der Waals surface area contributed by atoms with E-state index in [0.29, 0.717) is 16.5 Å². The van der Waals surface area contributed by atoms with Crippen LogP contribution in [0.1, 0.15) is 23.7 Å². The highest BCUT2D eigenvalue weighted by atomic mass is 35.5. The van der Waals surface area contributed by atoms with Gasteiger partial charge in [0.2, 0.25) is 0 Å². The summed E-state index contributed by atoms with van der Waals surface area (Å²) < 4.78 is 15.5. The average Bonchev–Trinajstić information content (AvgIpc) is 2.78. The highest BCUT2D eigenvalue weighted by Gasteiger charge is 2.18. The van der Waals surface area contributed by atoms with E-state index in [9.17, 15) is 4.39 Å². The van der Waals surface area contributed by atoms with Crippen LogP contribution < -0.4 is 0 Å². The number of alkyl halides is 1. The normalized spacial score (nSPS) is 12.8. The molecule has 3 aromatic rings. The van der Waals surface area contributed by atoms with E-state index >= 15 is 0 Å². The highest BCUT2D eigenvalue weighted by Crippen LogP contribution is 2.30. The summed E-state index contributed by atoms with van der Waals surface area (Å²) in [7, 11) is 0. The Morgan fingerprint density at radius 2 is 2.00 bits per heavy atom. The van der Waals surface area contributed by atoms with Crippen molar-refractivity contribution in [1.82, 2.24) is 9.55 Å². The molecule has 0 N–H and O–H groups in total. The second kappa shape index (κ2) is 5.32. The molecular formula is C16H13Cl2FN2. The molecule has 1 atom stereocenters. The first kappa shape index (κ1) is 14.4. The minimum Gasteiger partial charge on any atom is -0.295 e. The van der Waals surface area contributed by atoms with Gasteiger partial charge in [0.25, 0.3) is 0 Å². The zero-order valence-corrected chi connectivity index (χ0v) is 13.1. The molecule has 0 amide bonds. The molecule has 21 heavy (non-hydrogen) atoms. The second-order valence-electron chi connectivity index (χ2n) is 4.99. The lowest BCUT2D eigenvalue weighted by molar-refractivity contribution is 0.626. The minimum atomic E-state index is -0.389. The fourth-order valence-electron chi connectivity index (χ4n) is 2.46. The monoisotopic (exact) mass is 322 g/mol. The molecule has 1 unspecified atom stereocenters. The number of aromatic nitrogens is 2. The van der Waals surface area contributed by atoms with Crippen molar-refractivity contribution in [2.24, 2.45) is 0 Å². The zero-order valence-electron chi connectivity index (χ0n) is 11.6. The quantitative estimate of drug-likeness (QED) is 0.575. The van der Waals surface area contributed by atoms with E-state index in [0.717, 1.165) is 16.6 Å². The van der Waals surface area contributed by atoms with Gasteiger partial charge in [-0.1, -0.05) is 23.7 Å². The summed E-state index contributed by atoms with van der Waals surface area (Å²) in [6.45, 7) is 3.83. The van der Waals surface area contributed by atoms with Crippen LogP contribution in [0, 0.1) is 12.7 Å². The maximum atomic E-state index is 13.7. The Labute approximate surface area is 132 Å². The van der Waals surface area contributed by atoms with Crippen molar-refractivity contribution in [3.63, 3.8) is 0 Å². The molecule has 5 heteroatoms. The highest BCUT2D eigenvalue weighted by molar-refractivity contribution is 6.30. The summed E-state index contributed by atoms with van der Waals surface area (Å²) in [5.41, 5.74) is 3.42. The fraction of sp³-hybridized carbons (Fsp3) is 0.188. The lowest BCUT2D eigenvalue weighted by Crippen LogP contribution is -2.02. The third kappa shape index (κ3) is 2.52. The zero-order chi connectivity index (χ0) is 15.1. The third-order valence-corrected chi connectivity index (χ3v) is 3.79. The fourth-order valence-corrected chi connectivity index (χ4v) is 2.83. The van der Waals surface area contributed by atoms with Crippen LogP contribution in [0.2, 0.25) is 5.02 Å². The van der Waals surface area contributed by atoms with Gasteiger partial charge in [-0.15, -0.1) is 11.6 Å². The van der Waals surface area contributed by atoms with E-state index in [-0.39, 0.29) is 11.2 Å². The lowest BCUT2D eigenvalue weighted by atomic mass is 10.2. The first-order valence-electron chi connectivity index (χ1n) is 6.56. The van der Waals surface area contributed by atoms with Crippen LogP contribution in [-0.2, 0) is 0 Å². The molecule has 0 aliphatic carbocycles. The SMILES string of the molecule is Cc1cccc2c1nc(C(C)Cl)n2-c1cc(F)cc(Cl)c1. The van der Waals surface area contributed by atoms with Gasteiger partial charge in [0.15, 0.2) is 0 Å². The largest absolute Gasteiger partial charge is 0.295 e. The molecule has 3 rings (SSSR count). The average molecular weight is 323 g/mol. The number of rotatable bonds is 2. The van der Waals surface area contributed by atoms with E-state index in [1.807, 2.05) is 36.6 Å². The van der Waals surface area contributed by atoms with Crippen molar-refractivity contribution >= 4 is 34.2 Å². The Morgan fingerprint density at radius 1 is 1.24 bits per heavy atom. The van der Waals surface area contributed by atoms with Crippen molar-refractivity contribution in [3.8, 4) is 5.69 Å². The Kier molecular flexibility index (Phi) is 3.64. The van der Waals surface area contributed by atoms with Crippen molar-refractivity contribution in [2.45, 2.75) is 19.2 Å². The van der Waals surface area contributed by atoms with Crippen molar-refractivity contribution in [1.29, 1.82) is 0 Å². The molecule has 108 valence electrons. The molecule has 1 aromatic heterocycles. The van der Waals surface area contributed by atoms with Gasteiger partial charge in [0.1, 0.15) is 11.6 Å². The number of halogens is 3. The van der Waals surface area contributed by atoms with E-state index < -0.39 is 0 Å². The Morgan fingerprint density at radius 3 is 2.67 bits per heavy atom. The number of imidazole rings is 1. The number of benzene rings is 2. The second-order valence-corrected chi connectivity index (χ2v) is 6.08. The van der Waals surface area contributed by atoms with Gasteiger partial charge in [-0.3, -0.25) is 4.57 Å². The summed E-state index contributed by atoms with van der Waals surface area (Å²) in [5.74, 6) is 0.280. The number of nitrogens with zero attached hydrogens (tertiary/aromatic N) is 2. The molecule has 0 saturated heterocycles. The number of para-hydroxylation sites is 1. The first-order valence-corrected chi connectivity index (χ1v) is 7.37. The van der Waals surface area contributed by atoms with Crippen molar-refractivity contribution in [3.05, 3.63) is 58.6 Å². The lowest BCUT2D eigenvalue weighted by Gasteiger charge is -2.11. The molecule has 0 fully saturated rings. The molecule has 2 nitrogen and oxygen atoms in total. The smallest absolute Gasteiger partial charge is 0.132 e. The Hall–Kier alpha value is -1.58. The molecule has 0 spiro atoms. The molecule has 0 aliphatic heterocycles. The molecule has 2 aromatic carbocycles. The van der Waals surface area contributed by atoms with Crippen LogP contribution in [0.25, 0.3) is 16.7 Å². The van der Waals surface area contributed by atoms with Gasteiger partial charge in [0, 0.05) is 5.02 Å². The van der Waals surface area contributed by atoms with E-state index in [1.165, 1.54) is 12.1 Å². The molecule has 0 aliphatic rings. The topological polar surface area (TPSA) is 17.8 Å². The van der Waals surface area contributed by atoms with Crippen LogP contribution in [0.5, 0.6) is 0 Å². The van der Waals surface area contributed by atoms with Gasteiger partial charge >= 0.3 is 0 Å². The predicted molar refractivity (Wildman–Crippen MR) is 85.0 cm³/mol. The van der Waals surface area contributed by atoms with Crippen LogP contribution in [0.4, 0.5) is 4.39 Å². The van der Waals surface area contributed by atoms with Gasteiger partial charge in [-0.2, -0.15) is 0 Å². The summed E-state index contributed by atoms with van der Waals surface area (Å²) in [6.07, 6.45) is 0. The minimum absolute atomic E-state index is 0.307. The number of hydrogen-bond acceptors (Lipinski definition) is 1. The third-order valence-electron chi connectivity index (χ3n) is 3.37. The predicted octanol–water partition coefficient (Wildman–Crippen LogP) is 5.43. The maximum absolute atomic E-state index is 13.7. The maximum Gasteiger partial charge on any atom is 0.132 e. The van der Waals surface area contributed by atoms with Crippen LogP contribution in [0.15, 0.2) is 36.4 Å². The molecular weight excluding hydrogens is 310 g/mol. The van der Waals surface area contributed by atoms with Gasteiger partial charge in [-0.25, -0.2) is 9.37 Å². The summed E-state index contributed by atoms with van der Waals surface area (Å²) in [6, 6.07) is 10.3. The van der Waals surface area contributed by atoms with E-state index in [4.69, 9.17) is 23.2 Å². The van der Waals surface area contributed by atoms with Crippen molar-refractivity contribution < 1.29 is 4.39 Å². The van der Waals surface area contributed by atoms with Crippen molar-refractivity contribution in [2.75, 3.05) is 0 Å². The Bertz CT molecular complexity index is 804. The molecule has 0 saturated carbocycles. The number of fused-ring (bicyclic) bond motifs is 1. The molecule has 0 bridgehead atoms. The van der Waals surface area contributed by atoms with Crippen LogP contribution >= 0.6 is 23.2 Å². The summed E-state index contributed by atoms with van der Waals surface area (Å²) in [5, 5.41) is 0.0338. The van der Waals surface area contributed by atoms with Gasteiger partial charge in [-0.05, 0) is 43.7 Å². The van der Waals surface area contributed by atoms with Gasteiger partial charge < -0.3 is 0 Å². The number of aryl methyl sites for hydroxylation is 1. The Balaban J connectivity index is 2.39. The summed E-state index contributed by atoms with van der Waals surface area (Å²) in [4.78, 5) is 4.61. The summed E-state index contributed by atoms with van der Waals surface area (Å²) >= 11 is 12.2. The number of hydrogen-bond donors (Lipinski definition) is 0. The van der Waals surface area contributed by atoms with E-state index in [1.54, 1.807) is 6.07 Å². The van der Waals surface area contributed by atoms with Crippen LogP contribution in [0.3, 0.4) is 0 Å². The van der Waals surface area contributed by atoms with E-state index in [2.05, 4.69) is 4.98 Å². The molecule has 1 heterocycles. The van der Waals surface area contributed by atoms with Crippen LogP contribution in [-0.4, -0.2) is 9.55 Å². The first-order chi connectivity index (χ1) is 9.97. The molecule has 0 radical (unpaired) electrons. The van der Waals surface area contributed by atoms with Gasteiger partial charge in [0.05, 0.1) is 22.1 Å². The standard InChI is InChI=1S/C16H13Cl2FN2/c1-9-4-3-5-14-15(9)20-16(10(2)17)21(14)13-7-11(18)6-12(19)8-13/h3-8,10H,1-2H3.